The van der Waals surface area contributed by atoms with E-state index in [-0.39, 0.29) is 0 Å². The molecule has 0 radical (unpaired) electrons. The van der Waals surface area contributed by atoms with Gasteiger partial charge in [-0.05, 0) is 81.1 Å². The summed E-state index contributed by atoms with van der Waals surface area (Å²) < 4.78 is 0. The molecule has 33 heavy (non-hydrogen) atoms. The summed E-state index contributed by atoms with van der Waals surface area (Å²) >= 11 is 0. The fraction of sp³-hybridized carbons (Fsp3) is 0.407. The van der Waals surface area contributed by atoms with Crippen molar-refractivity contribution in [3.8, 4) is 22.6 Å². The molecular weight excluding hydrogens is 408 g/mol. The minimum absolute atomic E-state index is 0.938. The van der Waals surface area contributed by atoms with Gasteiger partial charge in [-0.1, -0.05) is 12.5 Å². The van der Waals surface area contributed by atoms with Gasteiger partial charge in [-0.3, -0.25) is 15.0 Å². The SMILES string of the molecule is c1cc(N2CCCCC2)c2cc(-c3cc(-c4cncc(CN5CCCCC5)c4)n[nH]3)[nH]c2c1. The second-order valence-electron chi connectivity index (χ2n) is 9.55. The van der Waals surface area contributed by atoms with Crippen molar-refractivity contribution < 1.29 is 0 Å². The van der Waals surface area contributed by atoms with Gasteiger partial charge < -0.3 is 9.88 Å². The Kier molecular flexibility index (Phi) is 5.60. The van der Waals surface area contributed by atoms with Gasteiger partial charge in [0.1, 0.15) is 0 Å². The molecule has 6 rings (SSSR count). The van der Waals surface area contributed by atoms with E-state index in [1.54, 1.807) is 0 Å². The molecule has 0 bridgehead atoms. The minimum atomic E-state index is 0.938. The van der Waals surface area contributed by atoms with E-state index in [1.165, 1.54) is 73.8 Å². The maximum absolute atomic E-state index is 4.62. The summed E-state index contributed by atoms with van der Waals surface area (Å²) in [5.41, 5.74) is 7.86. The Morgan fingerprint density at radius 1 is 0.818 bits per heavy atom. The lowest BCUT2D eigenvalue weighted by molar-refractivity contribution is 0.220. The third kappa shape index (κ3) is 4.27. The fourth-order valence-electron chi connectivity index (χ4n) is 5.39. The van der Waals surface area contributed by atoms with Crippen LogP contribution in [-0.2, 0) is 6.54 Å². The molecule has 0 amide bonds. The van der Waals surface area contributed by atoms with Crippen LogP contribution >= 0.6 is 0 Å². The van der Waals surface area contributed by atoms with E-state index < -0.39 is 0 Å². The van der Waals surface area contributed by atoms with Crippen molar-refractivity contribution >= 4 is 16.6 Å². The molecule has 4 aromatic rings. The lowest BCUT2D eigenvalue weighted by Gasteiger charge is -2.29. The van der Waals surface area contributed by atoms with E-state index in [2.05, 4.69) is 66.4 Å². The van der Waals surface area contributed by atoms with Crippen LogP contribution in [0.1, 0.15) is 44.1 Å². The average Bonchev–Trinajstić information content (AvgIpc) is 3.53. The fourth-order valence-corrected chi connectivity index (χ4v) is 5.39. The van der Waals surface area contributed by atoms with Crippen molar-refractivity contribution in [2.24, 2.45) is 0 Å². The van der Waals surface area contributed by atoms with Crippen LogP contribution in [0, 0.1) is 0 Å². The van der Waals surface area contributed by atoms with Crippen LogP contribution in [0.2, 0.25) is 0 Å². The van der Waals surface area contributed by atoms with Crippen LogP contribution in [0.25, 0.3) is 33.5 Å². The predicted octanol–water partition coefficient (Wildman–Crippen LogP) is 5.60. The maximum Gasteiger partial charge on any atom is 0.0943 e. The molecule has 2 fully saturated rings. The van der Waals surface area contributed by atoms with E-state index in [4.69, 9.17) is 0 Å². The van der Waals surface area contributed by atoms with Crippen molar-refractivity contribution in [3.05, 3.63) is 54.4 Å². The van der Waals surface area contributed by atoms with Crippen molar-refractivity contribution in [1.82, 2.24) is 25.1 Å². The van der Waals surface area contributed by atoms with Crippen LogP contribution in [0.5, 0.6) is 0 Å². The summed E-state index contributed by atoms with van der Waals surface area (Å²) in [5.74, 6) is 0. The number of likely N-dealkylation sites (tertiary alicyclic amines) is 1. The van der Waals surface area contributed by atoms with Crippen LogP contribution < -0.4 is 4.90 Å². The zero-order valence-electron chi connectivity index (χ0n) is 19.2. The molecule has 1 aromatic carbocycles. The van der Waals surface area contributed by atoms with Crippen molar-refractivity contribution in [2.45, 2.75) is 45.1 Å². The standard InChI is InChI=1S/C27H32N6/c1-3-10-32(11-4-1)19-20-14-21(18-28-17-20)24-16-26(31-30-24)25-15-22-23(29-25)8-7-9-27(22)33-12-5-2-6-13-33/h7-9,14-18,29H,1-6,10-13,19H2,(H,30,31). The van der Waals surface area contributed by atoms with Gasteiger partial charge in [-0.25, -0.2) is 0 Å². The number of rotatable bonds is 5. The normalized spacial score (nSPS) is 17.6. The number of anilines is 1. The number of hydrogen-bond donors (Lipinski definition) is 2. The van der Waals surface area contributed by atoms with Crippen LogP contribution in [0.4, 0.5) is 5.69 Å². The molecule has 2 aliphatic rings. The first-order valence-electron chi connectivity index (χ1n) is 12.4. The smallest absolute Gasteiger partial charge is 0.0943 e. The second-order valence-corrected chi connectivity index (χ2v) is 9.55. The topological polar surface area (TPSA) is 63.8 Å². The van der Waals surface area contributed by atoms with Crippen molar-refractivity contribution in [2.75, 3.05) is 31.1 Å². The third-order valence-electron chi connectivity index (χ3n) is 7.15. The quantitative estimate of drug-likeness (QED) is 0.424. The molecule has 0 spiro atoms. The Balaban J connectivity index is 1.26. The number of aromatic amines is 2. The molecule has 0 aliphatic carbocycles. The Hall–Kier alpha value is -3.12. The van der Waals surface area contributed by atoms with Crippen molar-refractivity contribution in [1.29, 1.82) is 0 Å². The average molecular weight is 441 g/mol. The van der Waals surface area contributed by atoms with Gasteiger partial charge in [0.05, 0.1) is 17.1 Å². The molecule has 6 nitrogen and oxygen atoms in total. The number of fused-ring (bicyclic) bond motifs is 1. The number of benzene rings is 1. The minimum Gasteiger partial charge on any atom is -0.371 e. The number of pyridine rings is 1. The molecular formula is C27H32N6. The van der Waals surface area contributed by atoms with Gasteiger partial charge >= 0.3 is 0 Å². The second kappa shape index (κ2) is 9.02. The molecule has 0 saturated carbocycles. The Morgan fingerprint density at radius 2 is 1.64 bits per heavy atom. The summed E-state index contributed by atoms with van der Waals surface area (Å²) in [4.78, 5) is 13.2. The molecule has 2 aliphatic heterocycles. The molecule has 170 valence electrons. The van der Waals surface area contributed by atoms with E-state index >= 15 is 0 Å². The Labute approximate surface area is 195 Å². The first kappa shape index (κ1) is 20.5. The van der Waals surface area contributed by atoms with Gasteiger partial charge in [-0.2, -0.15) is 5.10 Å². The molecule has 2 saturated heterocycles. The van der Waals surface area contributed by atoms with Gasteiger partial charge in [0, 0.05) is 54.2 Å². The first-order valence-corrected chi connectivity index (χ1v) is 12.4. The maximum atomic E-state index is 4.62. The predicted molar refractivity (Wildman–Crippen MR) is 134 cm³/mol. The first-order chi connectivity index (χ1) is 16.3. The number of piperidine rings is 2. The van der Waals surface area contributed by atoms with Crippen LogP contribution in [0.15, 0.2) is 48.8 Å². The number of nitrogens with one attached hydrogen (secondary N) is 2. The Morgan fingerprint density at radius 3 is 2.48 bits per heavy atom. The molecule has 5 heterocycles. The number of hydrogen-bond acceptors (Lipinski definition) is 4. The highest BCUT2D eigenvalue weighted by Crippen LogP contribution is 2.33. The van der Waals surface area contributed by atoms with Gasteiger partial charge in [0.2, 0.25) is 0 Å². The Bertz CT molecular complexity index is 1230. The van der Waals surface area contributed by atoms with E-state index in [1.807, 2.05) is 12.4 Å². The van der Waals surface area contributed by atoms with Crippen LogP contribution in [-0.4, -0.2) is 51.2 Å². The summed E-state index contributed by atoms with van der Waals surface area (Å²) in [7, 11) is 0. The van der Waals surface area contributed by atoms with Gasteiger partial charge in [0.15, 0.2) is 0 Å². The number of H-pyrrole nitrogens is 2. The van der Waals surface area contributed by atoms with Gasteiger partial charge in [-0.15, -0.1) is 0 Å². The lowest BCUT2D eigenvalue weighted by atomic mass is 10.1. The number of nitrogens with zero attached hydrogens (tertiary/aromatic N) is 4. The molecule has 0 unspecified atom stereocenters. The zero-order chi connectivity index (χ0) is 22.0. The highest BCUT2D eigenvalue weighted by Gasteiger charge is 2.17. The molecule has 6 heteroatoms. The van der Waals surface area contributed by atoms with E-state index in [0.29, 0.717) is 0 Å². The van der Waals surface area contributed by atoms with Crippen LogP contribution in [0.3, 0.4) is 0 Å². The number of aromatic nitrogens is 4. The summed E-state index contributed by atoms with van der Waals surface area (Å²) in [6.07, 6.45) is 11.8. The van der Waals surface area contributed by atoms with E-state index in [9.17, 15) is 0 Å². The van der Waals surface area contributed by atoms with Crippen molar-refractivity contribution in [3.63, 3.8) is 0 Å². The third-order valence-corrected chi connectivity index (χ3v) is 7.15. The highest BCUT2D eigenvalue weighted by atomic mass is 15.1. The molecule has 2 N–H and O–H groups in total. The molecule has 0 atom stereocenters. The largest absolute Gasteiger partial charge is 0.371 e. The summed E-state index contributed by atoms with van der Waals surface area (Å²) in [5, 5.41) is 9.16. The summed E-state index contributed by atoms with van der Waals surface area (Å²) in [6, 6.07) is 13.2. The summed E-state index contributed by atoms with van der Waals surface area (Å²) in [6.45, 7) is 5.65. The molecule has 3 aromatic heterocycles. The highest BCUT2D eigenvalue weighted by molar-refractivity contribution is 5.96. The zero-order valence-corrected chi connectivity index (χ0v) is 19.2. The van der Waals surface area contributed by atoms with Gasteiger partial charge in [0.25, 0.3) is 0 Å². The monoisotopic (exact) mass is 440 g/mol. The lowest BCUT2D eigenvalue weighted by Crippen LogP contribution is -2.29. The van der Waals surface area contributed by atoms with E-state index in [0.717, 1.165) is 42.3 Å².